The molecule has 1 aromatic carbocycles. The van der Waals surface area contributed by atoms with E-state index in [1.807, 2.05) is 24.3 Å². The number of H-pyrrole nitrogens is 1. The second-order valence-corrected chi connectivity index (χ2v) is 6.56. The topological polar surface area (TPSA) is 91.7 Å². The molecule has 0 amide bonds. The van der Waals surface area contributed by atoms with E-state index >= 15 is 0 Å². The summed E-state index contributed by atoms with van der Waals surface area (Å²) in [6.45, 7) is 0. The number of nitrogens with one attached hydrogen (secondary N) is 2. The smallest absolute Gasteiger partial charge is 0.265 e. The Morgan fingerprint density at radius 3 is 3.04 bits per heavy atom. The number of fused-ring (bicyclic) bond motifs is 4. The van der Waals surface area contributed by atoms with Gasteiger partial charge >= 0.3 is 0 Å². The van der Waals surface area contributed by atoms with E-state index in [0.29, 0.717) is 22.1 Å². The number of hydrogen-bond donors (Lipinski definition) is 2. The van der Waals surface area contributed by atoms with Gasteiger partial charge in [-0.2, -0.15) is 10.1 Å². The summed E-state index contributed by atoms with van der Waals surface area (Å²) in [5.74, 6) is 0.329. The number of anilines is 1. The van der Waals surface area contributed by atoms with Crippen LogP contribution in [0, 0.1) is 0 Å². The van der Waals surface area contributed by atoms with Gasteiger partial charge in [0.05, 0.1) is 21.9 Å². The minimum Gasteiger partial charge on any atom is -0.336 e. The van der Waals surface area contributed by atoms with Crippen LogP contribution in [-0.4, -0.2) is 30.9 Å². The lowest BCUT2D eigenvalue weighted by Crippen LogP contribution is -2.15. The van der Waals surface area contributed by atoms with Crippen LogP contribution in [0.3, 0.4) is 0 Å². The Bertz CT molecular complexity index is 1160. The molecule has 3 heterocycles. The maximum Gasteiger partial charge on any atom is 0.265 e. The van der Waals surface area contributed by atoms with Gasteiger partial charge in [0.25, 0.3) is 5.95 Å². The van der Waals surface area contributed by atoms with Crippen LogP contribution in [0.2, 0.25) is 5.02 Å². The van der Waals surface area contributed by atoms with Crippen LogP contribution in [0.25, 0.3) is 22.1 Å². The van der Waals surface area contributed by atoms with Crippen molar-refractivity contribution < 1.29 is 0 Å². The molecule has 0 saturated carbocycles. The average Bonchev–Trinajstić information content (AvgIpc) is 3.06. The number of aromatic amines is 1. The molecule has 0 spiro atoms. The van der Waals surface area contributed by atoms with E-state index in [9.17, 15) is 0 Å². The first kappa shape index (κ1) is 15.2. The Balaban J connectivity index is 1.51. The average molecular weight is 364 g/mol. The highest BCUT2D eigenvalue weighted by atomic mass is 35.5. The summed E-state index contributed by atoms with van der Waals surface area (Å²) in [5.41, 5.74) is 8.10. The lowest BCUT2D eigenvalue weighted by Gasteiger charge is -2.15. The maximum absolute atomic E-state index is 6.23. The first-order chi connectivity index (χ1) is 12.8. The van der Waals surface area contributed by atoms with E-state index in [0.717, 1.165) is 41.6 Å². The zero-order valence-electron chi connectivity index (χ0n) is 13.7. The maximum atomic E-state index is 6.23. The quantitative estimate of drug-likeness (QED) is 0.530. The first-order valence-corrected chi connectivity index (χ1v) is 8.75. The van der Waals surface area contributed by atoms with Crippen molar-refractivity contribution in [1.29, 1.82) is 0 Å². The number of rotatable bonds is 2. The third-order valence-corrected chi connectivity index (χ3v) is 4.83. The van der Waals surface area contributed by atoms with Crippen molar-refractivity contribution in [1.82, 2.24) is 25.1 Å². The minimum atomic E-state index is 0.329. The van der Waals surface area contributed by atoms with Crippen LogP contribution in [0.15, 0.2) is 41.6 Å². The van der Waals surface area contributed by atoms with Crippen molar-refractivity contribution in [3.05, 3.63) is 52.8 Å². The Kier molecular flexibility index (Phi) is 3.53. The zero-order valence-corrected chi connectivity index (χ0v) is 14.5. The predicted octanol–water partition coefficient (Wildman–Crippen LogP) is 3.71. The van der Waals surface area contributed by atoms with Crippen LogP contribution in [0.4, 0.5) is 5.95 Å². The Labute approximate surface area is 153 Å². The second kappa shape index (κ2) is 6.03. The number of hydrogen-bond acceptors (Lipinski definition) is 6. The molecule has 5 rings (SSSR count). The molecule has 0 aliphatic heterocycles. The minimum absolute atomic E-state index is 0.329. The highest BCUT2D eigenvalue weighted by Crippen LogP contribution is 2.28. The van der Waals surface area contributed by atoms with E-state index in [1.165, 1.54) is 5.56 Å². The van der Waals surface area contributed by atoms with Gasteiger partial charge in [0, 0.05) is 11.6 Å². The highest BCUT2D eigenvalue weighted by Gasteiger charge is 2.17. The predicted molar refractivity (Wildman–Crippen MR) is 102 cm³/mol. The number of hydrazone groups is 1. The molecule has 0 unspecified atom stereocenters. The molecule has 7 nitrogen and oxygen atoms in total. The molecule has 0 bridgehead atoms. The third-order valence-electron chi connectivity index (χ3n) is 4.51. The van der Waals surface area contributed by atoms with E-state index < -0.39 is 0 Å². The number of para-hydroxylation sites is 1. The molecular weight excluding hydrogens is 350 g/mol. The number of aryl methyl sites for hydroxylation is 1. The summed E-state index contributed by atoms with van der Waals surface area (Å²) in [7, 11) is 0. The van der Waals surface area contributed by atoms with Crippen molar-refractivity contribution in [3.8, 4) is 0 Å². The second-order valence-electron chi connectivity index (χ2n) is 6.16. The summed E-state index contributed by atoms with van der Waals surface area (Å²) in [4.78, 5) is 12.1. The van der Waals surface area contributed by atoms with E-state index in [1.54, 1.807) is 6.20 Å². The molecule has 2 N–H and O–H groups in total. The van der Waals surface area contributed by atoms with Crippen molar-refractivity contribution in [2.24, 2.45) is 5.10 Å². The summed E-state index contributed by atoms with van der Waals surface area (Å²) < 4.78 is 0. The van der Waals surface area contributed by atoms with Gasteiger partial charge in [-0.1, -0.05) is 29.8 Å². The number of aromatic nitrogens is 5. The number of halogens is 1. The Hall–Kier alpha value is -3.06. The summed E-state index contributed by atoms with van der Waals surface area (Å²) in [6.07, 6.45) is 4.74. The monoisotopic (exact) mass is 363 g/mol. The summed E-state index contributed by atoms with van der Waals surface area (Å²) in [5, 5.41) is 14.4. The van der Waals surface area contributed by atoms with Crippen molar-refractivity contribution >= 4 is 45.3 Å². The van der Waals surface area contributed by atoms with Gasteiger partial charge in [-0.3, -0.25) is 4.98 Å². The molecule has 3 aromatic heterocycles. The molecule has 4 aromatic rings. The van der Waals surface area contributed by atoms with Crippen LogP contribution in [0.5, 0.6) is 0 Å². The van der Waals surface area contributed by atoms with Crippen LogP contribution in [0.1, 0.15) is 24.1 Å². The van der Waals surface area contributed by atoms with E-state index in [-0.39, 0.29) is 0 Å². The van der Waals surface area contributed by atoms with Crippen molar-refractivity contribution in [2.45, 2.75) is 19.3 Å². The van der Waals surface area contributed by atoms with Gasteiger partial charge in [0.2, 0.25) is 0 Å². The Morgan fingerprint density at radius 1 is 1.12 bits per heavy atom. The normalized spacial score (nSPS) is 15.5. The van der Waals surface area contributed by atoms with Gasteiger partial charge < -0.3 is 4.98 Å². The van der Waals surface area contributed by atoms with Crippen molar-refractivity contribution in [3.63, 3.8) is 0 Å². The molecule has 0 atom stereocenters. The molecule has 1 aliphatic rings. The number of nitrogens with zero attached hydrogens (tertiary/aromatic N) is 5. The van der Waals surface area contributed by atoms with E-state index in [2.05, 4.69) is 41.7 Å². The van der Waals surface area contributed by atoms with Crippen molar-refractivity contribution in [2.75, 3.05) is 5.43 Å². The third kappa shape index (κ3) is 2.48. The molecular formula is C18H14ClN7. The van der Waals surface area contributed by atoms with Crippen LogP contribution in [-0.2, 0) is 6.42 Å². The highest BCUT2D eigenvalue weighted by molar-refractivity contribution is 6.36. The molecule has 8 heteroatoms. The van der Waals surface area contributed by atoms with E-state index in [4.69, 9.17) is 11.6 Å². The SMILES string of the molecule is Clc1cccc2c1[nH]c1nc(N/N=C3\CCCc4cccnc43)nnc12. The lowest BCUT2D eigenvalue weighted by molar-refractivity contribution is 0.823. The summed E-state index contributed by atoms with van der Waals surface area (Å²) >= 11 is 6.23. The van der Waals surface area contributed by atoms with Crippen LogP contribution < -0.4 is 5.43 Å². The van der Waals surface area contributed by atoms with Gasteiger partial charge in [0.15, 0.2) is 5.65 Å². The van der Waals surface area contributed by atoms with Gasteiger partial charge in [-0.25, -0.2) is 5.43 Å². The van der Waals surface area contributed by atoms with Gasteiger partial charge in [-0.15, -0.1) is 10.2 Å². The fourth-order valence-corrected chi connectivity index (χ4v) is 3.52. The fourth-order valence-electron chi connectivity index (χ4n) is 3.30. The lowest BCUT2D eigenvalue weighted by atomic mass is 9.95. The number of pyridine rings is 1. The molecule has 1 aliphatic carbocycles. The van der Waals surface area contributed by atoms with Gasteiger partial charge in [0.1, 0.15) is 5.52 Å². The number of benzene rings is 1. The zero-order chi connectivity index (χ0) is 17.5. The first-order valence-electron chi connectivity index (χ1n) is 8.37. The standard InChI is InChI=1S/C18H14ClN7/c19-12-7-2-6-11-15(12)21-17-16(11)24-26-18(22-17)25-23-13-8-1-4-10-5-3-9-20-14(10)13/h2-3,5-7,9H,1,4,8H2,(H2,21,22,25,26)/b23-13+. The molecule has 26 heavy (non-hydrogen) atoms. The Morgan fingerprint density at radius 2 is 2.08 bits per heavy atom. The van der Waals surface area contributed by atoms with Gasteiger partial charge in [-0.05, 0) is 37.0 Å². The molecule has 0 radical (unpaired) electrons. The molecule has 0 saturated heterocycles. The largest absolute Gasteiger partial charge is 0.336 e. The fraction of sp³-hybridized carbons (Fsp3) is 0.167. The molecule has 128 valence electrons. The summed E-state index contributed by atoms with van der Waals surface area (Å²) in [6, 6.07) is 9.69. The molecule has 0 fully saturated rings. The van der Waals surface area contributed by atoms with Crippen LogP contribution >= 0.6 is 11.6 Å².